The van der Waals surface area contributed by atoms with E-state index in [0.29, 0.717) is 5.41 Å². The highest BCUT2D eigenvalue weighted by atomic mass is 14.9. The molecule has 0 saturated heterocycles. The first kappa shape index (κ1) is 12.4. The number of nitrogens with one attached hydrogen (secondary N) is 1. The van der Waals surface area contributed by atoms with E-state index in [9.17, 15) is 0 Å². The SMILES string of the molecule is CC(CC1CCC1)NC1CCCC(C)(C)C1. The van der Waals surface area contributed by atoms with E-state index in [2.05, 4.69) is 26.1 Å². The van der Waals surface area contributed by atoms with Crippen LogP contribution < -0.4 is 5.32 Å². The molecule has 2 rings (SSSR count). The molecule has 1 heteroatoms. The second-order valence-electron chi connectivity index (χ2n) is 7.06. The van der Waals surface area contributed by atoms with Crippen LogP contribution in [0.25, 0.3) is 0 Å². The maximum Gasteiger partial charge on any atom is 0.00746 e. The summed E-state index contributed by atoms with van der Waals surface area (Å²) in [5.74, 6) is 1.04. The van der Waals surface area contributed by atoms with Gasteiger partial charge < -0.3 is 5.32 Å². The standard InChI is InChI=1S/C15H29N/c1-12(10-13-6-4-7-13)16-14-8-5-9-15(2,3)11-14/h12-14,16H,4-11H2,1-3H3. The lowest BCUT2D eigenvalue weighted by atomic mass is 9.74. The van der Waals surface area contributed by atoms with Crippen LogP contribution in [-0.2, 0) is 0 Å². The van der Waals surface area contributed by atoms with Gasteiger partial charge in [0.2, 0.25) is 0 Å². The summed E-state index contributed by atoms with van der Waals surface area (Å²) in [6, 6.07) is 1.53. The summed E-state index contributed by atoms with van der Waals surface area (Å²) in [5, 5.41) is 3.87. The third-order valence-electron chi connectivity index (χ3n) is 4.64. The van der Waals surface area contributed by atoms with Gasteiger partial charge in [-0.15, -0.1) is 0 Å². The normalized spacial score (nSPS) is 32.1. The lowest BCUT2D eigenvalue weighted by Gasteiger charge is -2.38. The molecule has 0 aliphatic heterocycles. The third kappa shape index (κ3) is 3.48. The van der Waals surface area contributed by atoms with Crippen LogP contribution in [0.1, 0.15) is 72.1 Å². The fourth-order valence-corrected chi connectivity index (χ4v) is 3.54. The average molecular weight is 223 g/mol. The number of hydrogen-bond donors (Lipinski definition) is 1. The van der Waals surface area contributed by atoms with Gasteiger partial charge in [-0.3, -0.25) is 0 Å². The zero-order chi connectivity index (χ0) is 11.6. The van der Waals surface area contributed by atoms with E-state index in [0.717, 1.165) is 18.0 Å². The van der Waals surface area contributed by atoms with Gasteiger partial charge in [0.1, 0.15) is 0 Å². The first-order valence-corrected chi connectivity index (χ1v) is 7.31. The van der Waals surface area contributed by atoms with Crippen LogP contribution in [0.2, 0.25) is 0 Å². The molecule has 1 N–H and O–H groups in total. The van der Waals surface area contributed by atoms with Crippen LogP contribution in [0.4, 0.5) is 0 Å². The van der Waals surface area contributed by atoms with E-state index < -0.39 is 0 Å². The van der Waals surface area contributed by atoms with Crippen LogP contribution in [0.15, 0.2) is 0 Å². The highest BCUT2D eigenvalue weighted by Crippen LogP contribution is 2.36. The highest BCUT2D eigenvalue weighted by Gasteiger charge is 2.29. The number of hydrogen-bond acceptors (Lipinski definition) is 1. The number of rotatable bonds is 4. The van der Waals surface area contributed by atoms with Gasteiger partial charge in [-0.25, -0.2) is 0 Å². The Hall–Kier alpha value is -0.0400. The Morgan fingerprint density at radius 1 is 1.19 bits per heavy atom. The molecule has 94 valence electrons. The molecular formula is C15H29N. The molecule has 0 aromatic rings. The van der Waals surface area contributed by atoms with Crippen molar-refractivity contribution in [3.8, 4) is 0 Å². The van der Waals surface area contributed by atoms with Gasteiger partial charge >= 0.3 is 0 Å². The minimum atomic E-state index is 0.576. The van der Waals surface area contributed by atoms with Crippen molar-refractivity contribution < 1.29 is 0 Å². The summed E-state index contributed by atoms with van der Waals surface area (Å²) >= 11 is 0. The van der Waals surface area contributed by atoms with Crippen LogP contribution in [0, 0.1) is 11.3 Å². The van der Waals surface area contributed by atoms with Gasteiger partial charge in [-0.1, -0.05) is 39.5 Å². The van der Waals surface area contributed by atoms with Gasteiger partial charge in [-0.05, 0) is 43.9 Å². The van der Waals surface area contributed by atoms with Crippen LogP contribution in [-0.4, -0.2) is 12.1 Å². The second-order valence-corrected chi connectivity index (χ2v) is 7.06. The van der Waals surface area contributed by atoms with E-state index in [4.69, 9.17) is 0 Å². The Labute approximate surface area is 101 Å². The third-order valence-corrected chi connectivity index (χ3v) is 4.64. The van der Waals surface area contributed by atoms with Gasteiger partial charge in [0.25, 0.3) is 0 Å². The van der Waals surface area contributed by atoms with Crippen LogP contribution >= 0.6 is 0 Å². The van der Waals surface area contributed by atoms with E-state index in [1.807, 2.05) is 0 Å². The fourth-order valence-electron chi connectivity index (χ4n) is 3.54. The minimum absolute atomic E-state index is 0.576. The van der Waals surface area contributed by atoms with Crippen molar-refractivity contribution in [3.05, 3.63) is 0 Å². The molecule has 0 heterocycles. The molecule has 2 aliphatic rings. The average Bonchev–Trinajstić information content (AvgIpc) is 2.10. The van der Waals surface area contributed by atoms with Crippen molar-refractivity contribution in [1.82, 2.24) is 5.32 Å². The molecule has 0 spiro atoms. The molecule has 2 saturated carbocycles. The molecule has 2 atom stereocenters. The van der Waals surface area contributed by atoms with E-state index in [1.54, 1.807) is 0 Å². The maximum absolute atomic E-state index is 3.87. The highest BCUT2D eigenvalue weighted by molar-refractivity contribution is 4.85. The summed E-state index contributed by atoms with van der Waals surface area (Å²) in [4.78, 5) is 0. The van der Waals surface area contributed by atoms with Gasteiger partial charge in [-0.2, -0.15) is 0 Å². The van der Waals surface area contributed by atoms with Crippen molar-refractivity contribution in [2.75, 3.05) is 0 Å². The zero-order valence-corrected chi connectivity index (χ0v) is 11.4. The Balaban J connectivity index is 1.71. The molecule has 0 bridgehead atoms. The lowest BCUT2D eigenvalue weighted by Crippen LogP contribution is -2.42. The van der Waals surface area contributed by atoms with Crippen molar-refractivity contribution in [3.63, 3.8) is 0 Å². The molecule has 1 nitrogen and oxygen atoms in total. The molecule has 0 aromatic heterocycles. The predicted octanol–water partition coefficient (Wildman–Crippen LogP) is 4.12. The summed E-state index contributed by atoms with van der Waals surface area (Å²) < 4.78 is 0. The predicted molar refractivity (Wildman–Crippen MR) is 70.6 cm³/mol. The fraction of sp³-hybridized carbons (Fsp3) is 1.00. The Bertz CT molecular complexity index is 217. The van der Waals surface area contributed by atoms with Gasteiger partial charge in [0, 0.05) is 12.1 Å². The topological polar surface area (TPSA) is 12.0 Å². The Morgan fingerprint density at radius 3 is 2.50 bits per heavy atom. The molecule has 2 aliphatic carbocycles. The molecule has 0 amide bonds. The molecular weight excluding hydrogens is 194 g/mol. The van der Waals surface area contributed by atoms with Crippen molar-refractivity contribution >= 4 is 0 Å². The summed E-state index contributed by atoms with van der Waals surface area (Å²) in [6.45, 7) is 7.24. The van der Waals surface area contributed by atoms with Crippen molar-refractivity contribution in [2.24, 2.45) is 11.3 Å². The summed E-state index contributed by atoms with van der Waals surface area (Å²) in [7, 11) is 0. The first-order chi connectivity index (χ1) is 7.55. The molecule has 0 radical (unpaired) electrons. The largest absolute Gasteiger partial charge is 0.311 e. The smallest absolute Gasteiger partial charge is 0.00746 e. The molecule has 0 aromatic carbocycles. The maximum atomic E-state index is 3.87. The molecule has 2 unspecified atom stereocenters. The first-order valence-electron chi connectivity index (χ1n) is 7.31. The van der Waals surface area contributed by atoms with Crippen LogP contribution in [0.5, 0.6) is 0 Å². The van der Waals surface area contributed by atoms with E-state index in [1.165, 1.54) is 51.4 Å². The second kappa shape index (κ2) is 5.08. The minimum Gasteiger partial charge on any atom is -0.311 e. The quantitative estimate of drug-likeness (QED) is 0.756. The van der Waals surface area contributed by atoms with E-state index >= 15 is 0 Å². The zero-order valence-electron chi connectivity index (χ0n) is 11.4. The molecule has 2 fully saturated rings. The van der Waals surface area contributed by atoms with E-state index in [-0.39, 0.29) is 0 Å². The molecule has 16 heavy (non-hydrogen) atoms. The Kier molecular flexibility index (Phi) is 3.94. The Morgan fingerprint density at radius 2 is 1.94 bits per heavy atom. The summed E-state index contributed by atoms with van der Waals surface area (Å²) in [5.41, 5.74) is 0.576. The summed E-state index contributed by atoms with van der Waals surface area (Å²) in [6.07, 6.45) is 11.5. The van der Waals surface area contributed by atoms with Crippen molar-refractivity contribution in [1.29, 1.82) is 0 Å². The van der Waals surface area contributed by atoms with Gasteiger partial charge in [0.15, 0.2) is 0 Å². The monoisotopic (exact) mass is 223 g/mol. The van der Waals surface area contributed by atoms with Gasteiger partial charge in [0.05, 0.1) is 0 Å². The van der Waals surface area contributed by atoms with Crippen LogP contribution in [0.3, 0.4) is 0 Å². The lowest BCUT2D eigenvalue weighted by molar-refractivity contribution is 0.178. The van der Waals surface area contributed by atoms with Crippen molar-refractivity contribution in [2.45, 2.75) is 84.2 Å².